The average molecular weight is 422 g/mol. The number of amides is 1. The van der Waals surface area contributed by atoms with Gasteiger partial charge < -0.3 is 5.32 Å². The average Bonchev–Trinajstić information content (AvgIpc) is 3.14. The quantitative estimate of drug-likeness (QED) is 0.658. The Hall–Kier alpha value is -3.06. The first kappa shape index (κ1) is 21.2. The Kier molecular flexibility index (Phi) is 6.42. The van der Waals surface area contributed by atoms with E-state index in [0.29, 0.717) is 16.8 Å². The number of rotatable bonds is 6. The predicted octanol–water partition coefficient (Wildman–Crippen LogP) is 3.81. The second-order valence-electron chi connectivity index (χ2n) is 8.04. The van der Waals surface area contributed by atoms with E-state index in [0.717, 1.165) is 39.0 Å². The molecule has 1 amide bonds. The van der Waals surface area contributed by atoms with Gasteiger partial charge in [0.1, 0.15) is 5.82 Å². The number of hydrogen-bond donors (Lipinski definition) is 1. The largest absolute Gasteiger partial charge is 0.349 e. The number of carbonyl (C=O) groups is 1. The SMILES string of the molecule is CCn1ncc(CN2CCC(NC(=O)c3ccc(-c4cccc(F)c4)nc3)CC2)c1C. The zero-order chi connectivity index (χ0) is 21.8. The summed E-state index contributed by atoms with van der Waals surface area (Å²) in [5.41, 5.74) is 4.36. The summed E-state index contributed by atoms with van der Waals surface area (Å²) in [5.74, 6) is -0.418. The highest BCUT2D eigenvalue weighted by atomic mass is 19.1. The molecule has 1 N–H and O–H groups in total. The molecular formula is C24H28FN5O. The lowest BCUT2D eigenvalue weighted by molar-refractivity contribution is 0.0908. The molecule has 162 valence electrons. The molecule has 0 bridgehead atoms. The third-order valence-corrected chi connectivity index (χ3v) is 5.97. The Morgan fingerprint density at radius 2 is 2.00 bits per heavy atom. The number of likely N-dealkylation sites (tertiary alicyclic amines) is 1. The fourth-order valence-electron chi connectivity index (χ4n) is 4.05. The maximum atomic E-state index is 13.4. The lowest BCUT2D eigenvalue weighted by Gasteiger charge is -2.32. The number of nitrogens with zero attached hydrogens (tertiary/aromatic N) is 4. The van der Waals surface area contributed by atoms with Crippen LogP contribution in [0.1, 0.15) is 41.4 Å². The number of piperidine rings is 1. The monoisotopic (exact) mass is 421 g/mol. The summed E-state index contributed by atoms with van der Waals surface area (Å²) in [6, 6.07) is 9.94. The molecule has 0 unspecified atom stereocenters. The molecule has 1 fully saturated rings. The molecule has 1 aliphatic heterocycles. The second-order valence-corrected chi connectivity index (χ2v) is 8.04. The van der Waals surface area contributed by atoms with Gasteiger partial charge in [-0.25, -0.2) is 4.39 Å². The number of nitrogens with one attached hydrogen (secondary N) is 1. The molecule has 6 nitrogen and oxygen atoms in total. The Labute approximate surface area is 182 Å². The van der Waals surface area contributed by atoms with Crippen LogP contribution >= 0.6 is 0 Å². The highest BCUT2D eigenvalue weighted by Crippen LogP contribution is 2.19. The van der Waals surface area contributed by atoms with Crippen LogP contribution in [0, 0.1) is 12.7 Å². The van der Waals surface area contributed by atoms with Gasteiger partial charge in [0.2, 0.25) is 0 Å². The fraction of sp³-hybridized carbons (Fsp3) is 0.375. The summed E-state index contributed by atoms with van der Waals surface area (Å²) in [6.07, 6.45) is 5.36. The maximum absolute atomic E-state index is 13.4. The summed E-state index contributed by atoms with van der Waals surface area (Å²) in [6.45, 7) is 7.89. The van der Waals surface area contributed by atoms with Crippen LogP contribution < -0.4 is 5.32 Å². The Morgan fingerprint density at radius 1 is 1.19 bits per heavy atom. The molecule has 2 aromatic heterocycles. The van der Waals surface area contributed by atoms with Gasteiger partial charge in [-0.2, -0.15) is 5.10 Å². The summed E-state index contributed by atoms with van der Waals surface area (Å²) >= 11 is 0. The number of aromatic nitrogens is 3. The molecule has 0 aliphatic carbocycles. The lowest BCUT2D eigenvalue weighted by atomic mass is 10.0. The molecule has 1 aromatic carbocycles. The zero-order valence-corrected chi connectivity index (χ0v) is 18.0. The van der Waals surface area contributed by atoms with Gasteiger partial charge in [0.05, 0.1) is 17.5 Å². The van der Waals surface area contributed by atoms with Crippen molar-refractivity contribution >= 4 is 5.91 Å². The first-order chi connectivity index (χ1) is 15.0. The van der Waals surface area contributed by atoms with Gasteiger partial charge in [0, 0.05) is 55.2 Å². The van der Waals surface area contributed by atoms with E-state index in [1.54, 1.807) is 30.5 Å². The number of benzene rings is 1. The van der Waals surface area contributed by atoms with Crippen molar-refractivity contribution in [1.29, 1.82) is 0 Å². The van der Waals surface area contributed by atoms with Crippen LogP contribution in [0.15, 0.2) is 48.8 Å². The van der Waals surface area contributed by atoms with E-state index in [4.69, 9.17) is 0 Å². The summed E-state index contributed by atoms with van der Waals surface area (Å²) in [4.78, 5) is 19.4. The van der Waals surface area contributed by atoms with Gasteiger partial charge in [-0.1, -0.05) is 12.1 Å². The topological polar surface area (TPSA) is 63.1 Å². The molecule has 4 rings (SSSR count). The minimum absolute atomic E-state index is 0.114. The van der Waals surface area contributed by atoms with E-state index >= 15 is 0 Å². The molecule has 1 aliphatic rings. The summed E-state index contributed by atoms with van der Waals surface area (Å²) < 4.78 is 15.4. The van der Waals surface area contributed by atoms with Gasteiger partial charge in [0.15, 0.2) is 0 Å². The van der Waals surface area contributed by atoms with Crippen molar-refractivity contribution in [1.82, 2.24) is 25.0 Å². The number of hydrogen-bond acceptors (Lipinski definition) is 4. The van der Waals surface area contributed by atoms with E-state index < -0.39 is 0 Å². The lowest BCUT2D eigenvalue weighted by Crippen LogP contribution is -2.44. The van der Waals surface area contributed by atoms with Crippen LogP contribution in [0.5, 0.6) is 0 Å². The van der Waals surface area contributed by atoms with E-state index in [1.807, 2.05) is 10.9 Å². The molecule has 0 atom stereocenters. The van der Waals surface area contributed by atoms with E-state index in [1.165, 1.54) is 23.4 Å². The van der Waals surface area contributed by atoms with Crippen molar-refractivity contribution in [3.8, 4) is 11.3 Å². The Bertz CT molecular complexity index is 1040. The highest BCUT2D eigenvalue weighted by molar-refractivity contribution is 5.94. The normalized spacial score (nSPS) is 15.2. The molecule has 0 saturated carbocycles. The highest BCUT2D eigenvalue weighted by Gasteiger charge is 2.22. The molecule has 3 aromatic rings. The summed E-state index contributed by atoms with van der Waals surface area (Å²) in [5, 5.41) is 7.56. The minimum atomic E-state index is -0.304. The van der Waals surface area contributed by atoms with Crippen LogP contribution in [0.25, 0.3) is 11.3 Å². The van der Waals surface area contributed by atoms with Gasteiger partial charge in [0.25, 0.3) is 5.91 Å². The van der Waals surface area contributed by atoms with Gasteiger partial charge in [-0.15, -0.1) is 0 Å². The van der Waals surface area contributed by atoms with Gasteiger partial charge in [-0.3, -0.25) is 19.4 Å². The predicted molar refractivity (Wildman–Crippen MR) is 118 cm³/mol. The van der Waals surface area contributed by atoms with E-state index in [-0.39, 0.29) is 17.8 Å². The number of aryl methyl sites for hydroxylation is 1. The smallest absolute Gasteiger partial charge is 0.253 e. The van der Waals surface area contributed by atoms with Gasteiger partial charge >= 0.3 is 0 Å². The molecule has 3 heterocycles. The summed E-state index contributed by atoms with van der Waals surface area (Å²) in [7, 11) is 0. The Balaban J connectivity index is 1.29. The molecule has 0 radical (unpaired) electrons. The van der Waals surface area contributed by atoms with Crippen molar-refractivity contribution in [2.24, 2.45) is 0 Å². The molecule has 0 spiro atoms. The van der Waals surface area contributed by atoms with E-state index in [9.17, 15) is 9.18 Å². The number of halogens is 1. The first-order valence-electron chi connectivity index (χ1n) is 10.8. The maximum Gasteiger partial charge on any atom is 0.253 e. The number of carbonyl (C=O) groups excluding carboxylic acids is 1. The van der Waals surface area contributed by atoms with Crippen molar-refractivity contribution in [2.75, 3.05) is 13.1 Å². The Morgan fingerprint density at radius 3 is 2.65 bits per heavy atom. The van der Waals surface area contributed by atoms with Crippen LogP contribution in [0.3, 0.4) is 0 Å². The first-order valence-corrected chi connectivity index (χ1v) is 10.8. The minimum Gasteiger partial charge on any atom is -0.349 e. The fourth-order valence-corrected chi connectivity index (χ4v) is 4.05. The third kappa shape index (κ3) is 4.99. The van der Waals surface area contributed by atoms with Crippen molar-refractivity contribution < 1.29 is 9.18 Å². The standard InChI is InChI=1S/C24H28FN5O/c1-3-30-17(2)20(15-27-30)16-29-11-9-22(10-12-29)28-24(31)19-7-8-23(26-14-19)18-5-4-6-21(25)13-18/h4-8,13-15,22H,3,9-12,16H2,1-2H3,(H,28,31). The van der Waals surface area contributed by atoms with Crippen LogP contribution in [-0.4, -0.2) is 44.7 Å². The van der Waals surface area contributed by atoms with Gasteiger partial charge in [-0.05, 0) is 51.0 Å². The van der Waals surface area contributed by atoms with Crippen LogP contribution in [-0.2, 0) is 13.1 Å². The number of pyridine rings is 1. The molecule has 1 saturated heterocycles. The second kappa shape index (κ2) is 9.39. The molecule has 7 heteroatoms. The van der Waals surface area contributed by atoms with Crippen LogP contribution in [0.2, 0.25) is 0 Å². The van der Waals surface area contributed by atoms with E-state index in [2.05, 4.69) is 34.1 Å². The molecular weight excluding hydrogens is 393 g/mol. The third-order valence-electron chi connectivity index (χ3n) is 5.97. The van der Waals surface area contributed by atoms with Crippen molar-refractivity contribution in [3.63, 3.8) is 0 Å². The molecule has 31 heavy (non-hydrogen) atoms. The zero-order valence-electron chi connectivity index (χ0n) is 18.0. The van der Waals surface area contributed by atoms with Crippen LogP contribution in [0.4, 0.5) is 4.39 Å². The van der Waals surface area contributed by atoms with Crippen molar-refractivity contribution in [3.05, 3.63) is 71.4 Å². The van der Waals surface area contributed by atoms with Crippen molar-refractivity contribution in [2.45, 2.75) is 45.8 Å².